The van der Waals surface area contributed by atoms with Crippen LogP contribution < -0.4 is 5.63 Å². The Morgan fingerprint density at radius 2 is 1.56 bits per heavy atom. The maximum atomic E-state index is 11.2. The van der Waals surface area contributed by atoms with Crippen molar-refractivity contribution < 1.29 is 4.42 Å². The van der Waals surface area contributed by atoms with Crippen molar-refractivity contribution in [3.05, 3.63) is 87.3 Å². The molecule has 0 saturated carbocycles. The summed E-state index contributed by atoms with van der Waals surface area (Å²) in [7, 11) is 0. The second kappa shape index (κ2) is 7.01. The normalized spacial score (nSPS) is 9.36. The van der Waals surface area contributed by atoms with Crippen LogP contribution in [-0.2, 0) is 0 Å². The molecule has 0 atom stereocenters. The number of rotatable bonds is 1. The molecule has 4 heteroatoms. The van der Waals surface area contributed by atoms with E-state index in [1.165, 1.54) is 12.1 Å². The molecule has 0 aliphatic rings. The van der Waals surface area contributed by atoms with E-state index in [-0.39, 0.29) is 11.2 Å². The highest BCUT2D eigenvalue weighted by Crippen LogP contribution is 2.14. The first-order valence-electron chi connectivity index (χ1n) is 7.36. The van der Waals surface area contributed by atoms with Crippen LogP contribution in [0.15, 0.2) is 69.4 Å². The van der Waals surface area contributed by atoms with Crippen LogP contribution in [0.5, 0.6) is 0 Å². The third-order valence-corrected chi connectivity index (χ3v) is 3.43. The maximum absolute atomic E-state index is 11.2. The van der Waals surface area contributed by atoms with Gasteiger partial charge in [-0.3, -0.25) is 0 Å². The Hall–Kier alpha value is -4.07. The monoisotopic (exact) mass is 322 g/mol. The number of nitriles is 2. The predicted octanol–water partition coefficient (Wildman–Crippen LogP) is 3.62. The van der Waals surface area contributed by atoms with Crippen molar-refractivity contribution in [1.29, 1.82) is 10.5 Å². The van der Waals surface area contributed by atoms with Crippen molar-refractivity contribution in [2.45, 2.75) is 0 Å². The van der Waals surface area contributed by atoms with Crippen LogP contribution in [0.25, 0.3) is 17.0 Å². The second-order valence-corrected chi connectivity index (χ2v) is 5.16. The van der Waals surface area contributed by atoms with Gasteiger partial charge in [-0.15, -0.1) is 0 Å². The number of nitrogens with zero attached hydrogens (tertiary/aromatic N) is 2. The van der Waals surface area contributed by atoms with Gasteiger partial charge < -0.3 is 4.42 Å². The molecule has 1 heterocycles. The standard InChI is InChI=1S/C21H10N2O2/c22-13-18(14-23)11-16-4-1-15(2-5-16)3-6-17-7-9-20-19(12-17)8-10-21(24)25-20/h1-2,4-5,7-12H. The molecule has 0 N–H and O–H groups in total. The van der Waals surface area contributed by atoms with Gasteiger partial charge >= 0.3 is 5.63 Å². The molecule has 0 unspecified atom stereocenters. The fraction of sp³-hybridized carbons (Fsp3) is 0. The van der Waals surface area contributed by atoms with Gasteiger partial charge in [-0.05, 0) is 48.0 Å². The highest BCUT2D eigenvalue weighted by atomic mass is 16.4. The van der Waals surface area contributed by atoms with Crippen molar-refractivity contribution in [2.75, 3.05) is 0 Å². The van der Waals surface area contributed by atoms with Crippen molar-refractivity contribution in [2.24, 2.45) is 0 Å². The summed E-state index contributed by atoms with van der Waals surface area (Å²) in [5.41, 5.74) is 2.59. The number of hydrogen-bond donors (Lipinski definition) is 0. The van der Waals surface area contributed by atoms with Crippen molar-refractivity contribution in [1.82, 2.24) is 0 Å². The Bertz CT molecular complexity index is 1160. The number of benzene rings is 2. The minimum Gasteiger partial charge on any atom is -0.423 e. The lowest BCUT2D eigenvalue weighted by atomic mass is 10.1. The van der Waals surface area contributed by atoms with Crippen molar-refractivity contribution in [3.63, 3.8) is 0 Å². The van der Waals surface area contributed by atoms with E-state index in [1.54, 1.807) is 30.3 Å². The molecule has 25 heavy (non-hydrogen) atoms. The smallest absolute Gasteiger partial charge is 0.336 e. The molecule has 0 spiro atoms. The fourth-order valence-corrected chi connectivity index (χ4v) is 2.21. The first-order chi connectivity index (χ1) is 12.2. The van der Waals surface area contributed by atoms with E-state index in [4.69, 9.17) is 14.9 Å². The van der Waals surface area contributed by atoms with Crippen LogP contribution in [-0.4, -0.2) is 0 Å². The highest BCUT2D eigenvalue weighted by molar-refractivity contribution is 5.78. The quantitative estimate of drug-likeness (QED) is 0.389. The Morgan fingerprint density at radius 1 is 0.880 bits per heavy atom. The van der Waals surface area contributed by atoms with Crippen molar-refractivity contribution >= 4 is 17.0 Å². The molecule has 3 rings (SSSR count). The molecule has 2 aromatic carbocycles. The van der Waals surface area contributed by atoms with Gasteiger partial charge in [0.05, 0.1) is 0 Å². The summed E-state index contributed by atoms with van der Waals surface area (Å²) < 4.78 is 5.09. The van der Waals surface area contributed by atoms with E-state index < -0.39 is 0 Å². The van der Waals surface area contributed by atoms with E-state index >= 15 is 0 Å². The predicted molar refractivity (Wildman–Crippen MR) is 94.1 cm³/mol. The molecule has 0 amide bonds. The van der Waals surface area contributed by atoms with Crippen LogP contribution >= 0.6 is 0 Å². The van der Waals surface area contributed by atoms with Gasteiger partial charge in [0.2, 0.25) is 0 Å². The van der Waals surface area contributed by atoms with Crippen LogP contribution in [0, 0.1) is 34.5 Å². The third-order valence-electron chi connectivity index (χ3n) is 3.43. The van der Waals surface area contributed by atoms with E-state index in [1.807, 2.05) is 30.3 Å². The minimum absolute atomic E-state index is 0.0571. The Labute approximate surface area is 143 Å². The first-order valence-corrected chi connectivity index (χ1v) is 7.36. The van der Waals surface area contributed by atoms with Gasteiger partial charge in [-0.25, -0.2) is 4.79 Å². The summed E-state index contributed by atoms with van der Waals surface area (Å²) in [6.07, 6.45) is 1.52. The van der Waals surface area contributed by atoms with Crippen LogP contribution in [0.2, 0.25) is 0 Å². The molecule has 0 saturated heterocycles. The summed E-state index contributed by atoms with van der Waals surface area (Å²) in [4.78, 5) is 11.2. The van der Waals surface area contributed by atoms with E-state index in [0.717, 1.165) is 22.1 Å². The zero-order valence-corrected chi connectivity index (χ0v) is 13.0. The summed E-state index contributed by atoms with van der Waals surface area (Å²) in [6.45, 7) is 0. The zero-order chi connectivity index (χ0) is 17.6. The molecule has 0 aliphatic heterocycles. The lowest BCUT2D eigenvalue weighted by molar-refractivity contribution is 0.561. The molecule has 3 aromatic rings. The van der Waals surface area contributed by atoms with E-state index in [9.17, 15) is 4.79 Å². The summed E-state index contributed by atoms with van der Waals surface area (Å²) in [5, 5.41) is 18.3. The summed E-state index contributed by atoms with van der Waals surface area (Å²) >= 11 is 0. The van der Waals surface area contributed by atoms with Gasteiger partial charge in [-0.1, -0.05) is 24.0 Å². The van der Waals surface area contributed by atoms with Crippen LogP contribution in [0.1, 0.15) is 16.7 Å². The largest absolute Gasteiger partial charge is 0.423 e. The highest BCUT2D eigenvalue weighted by Gasteiger charge is 1.98. The molecule has 116 valence electrons. The second-order valence-electron chi connectivity index (χ2n) is 5.16. The average Bonchev–Trinajstić information content (AvgIpc) is 2.65. The summed E-state index contributed by atoms with van der Waals surface area (Å²) in [5.74, 6) is 6.11. The van der Waals surface area contributed by atoms with E-state index in [2.05, 4.69) is 11.8 Å². The topological polar surface area (TPSA) is 77.8 Å². The SMILES string of the molecule is N#CC(C#N)=Cc1ccc(C#Cc2ccc3oc(=O)ccc3c2)cc1. The van der Waals surface area contributed by atoms with Crippen LogP contribution in [0.3, 0.4) is 0 Å². The van der Waals surface area contributed by atoms with Crippen molar-refractivity contribution in [3.8, 4) is 24.0 Å². The first kappa shape index (κ1) is 15.8. The lowest BCUT2D eigenvalue weighted by Crippen LogP contribution is -1.94. The van der Waals surface area contributed by atoms with Gasteiger partial charge in [0.1, 0.15) is 23.3 Å². The van der Waals surface area contributed by atoms with E-state index in [0.29, 0.717) is 5.58 Å². The third kappa shape index (κ3) is 3.82. The molecule has 4 nitrogen and oxygen atoms in total. The molecule has 0 bridgehead atoms. The maximum Gasteiger partial charge on any atom is 0.336 e. The Morgan fingerprint density at radius 3 is 2.28 bits per heavy atom. The Kier molecular flexibility index (Phi) is 4.43. The Balaban J connectivity index is 1.85. The molecular formula is C21H10N2O2. The zero-order valence-electron chi connectivity index (χ0n) is 13.0. The summed E-state index contributed by atoms with van der Waals surface area (Å²) in [6, 6.07) is 19.3. The van der Waals surface area contributed by atoms with Gasteiger partial charge in [-0.2, -0.15) is 10.5 Å². The van der Waals surface area contributed by atoms with Gasteiger partial charge in [0.15, 0.2) is 0 Å². The number of hydrogen-bond acceptors (Lipinski definition) is 4. The fourth-order valence-electron chi connectivity index (χ4n) is 2.21. The number of allylic oxidation sites excluding steroid dienone is 1. The molecule has 0 aliphatic carbocycles. The number of fused-ring (bicyclic) bond motifs is 1. The molecular weight excluding hydrogens is 312 g/mol. The van der Waals surface area contributed by atoms with Crippen LogP contribution in [0.4, 0.5) is 0 Å². The lowest BCUT2D eigenvalue weighted by Gasteiger charge is -1.96. The molecule has 0 radical (unpaired) electrons. The minimum atomic E-state index is -0.378. The molecule has 1 aromatic heterocycles. The van der Waals surface area contributed by atoms with Gasteiger partial charge in [0, 0.05) is 22.6 Å². The molecule has 0 fully saturated rings. The van der Waals surface area contributed by atoms with Gasteiger partial charge in [0.25, 0.3) is 0 Å². The average molecular weight is 322 g/mol.